The van der Waals surface area contributed by atoms with Gasteiger partial charge in [0.15, 0.2) is 5.69 Å². The minimum absolute atomic E-state index is 0.0131. The van der Waals surface area contributed by atoms with E-state index in [0.717, 1.165) is 7.57 Å². The van der Waals surface area contributed by atoms with Gasteiger partial charge >= 0.3 is 5.97 Å². The van der Waals surface area contributed by atoms with Gasteiger partial charge in [-0.1, -0.05) is 0 Å². The lowest BCUT2D eigenvalue weighted by atomic mass is 10.3. The summed E-state index contributed by atoms with van der Waals surface area (Å²) < 4.78 is 3.25. The average Bonchev–Trinajstić information content (AvgIpc) is 2.96. The fourth-order valence-corrected chi connectivity index (χ4v) is 4.28. The number of hydrogen-bond donors (Lipinski definition) is 2. The fraction of sp³-hybridized carbons (Fsp3) is 0.182. The first kappa shape index (κ1) is 15.2. The number of imidazole rings is 1. The van der Waals surface area contributed by atoms with Crippen LogP contribution in [0.15, 0.2) is 26.2 Å². The van der Waals surface area contributed by atoms with Crippen molar-refractivity contribution in [2.24, 2.45) is 0 Å². The molecule has 2 rings (SSSR count). The number of carbonyl (C=O) groups excluding carboxylic acids is 1. The lowest BCUT2D eigenvalue weighted by Crippen LogP contribution is -2.26. The van der Waals surface area contributed by atoms with Crippen LogP contribution in [0.2, 0.25) is 0 Å². The Morgan fingerprint density at radius 2 is 2.20 bits per heavy atom. The van der Waals surface area contributed by atoms with E-state index in [2.05, 4.69) is 42.2 Å². The Balaban J connectivity index is 1.87. The van der Waals surface area contributed by atoms with Gasteiger partial charge in [0.2, 0.25) is 0 Å². The Hall–Kier alpha value is -1.19. The van der Waals surface area contributed by atoms with E-state index in [9.17, 15) is 9.59 Å². The van der Waals surface area contributed by atoms with Crippen LogP contribution in [0.1, 0.15) is 20.8 Å². The van der Waals surface area contributed by atoms with Gasteiger partial charge in [0.1, 0.15) is 0 Å². The van der Waals surface area contributed by atoms with E-state index in [0.29, 0.717) is 18.7 Å². The highest BCUT2D eigenvalue weighted by molar-refractivity contribution is 9.12. The molecular formula is C11H9Br2N3O3S. The third-order valence-electron chi connectivity index (χ3n) is 2.41. The number of nitrogens with zero attached hydrogens (tertiary/aromatic N) is 2. The van der Waals surface area contributed by atoms with Gasteiger partial charge in [0.05, 0.1) is 19.5 Å². The number of amides is 1. The van der Waals surface area contributed by atoms with Crippen molar-refractivity contribution in [3.63, 3.8) is 0 Å². The quantitative estimate of drug-likeness (QED) is 0.775. The first-order chi connectivity index (χ1) is 9.47. The lowest BCUT2D eigenvalue weighted by molar-refractivity contribution is 0.0690. The molecule has 0 atom stereocenters. The predicted molar refractivity (Wildman–Crippen MR) is 81.2 cm³/mol. The van der Waals surface area contributed by atoms with Crippen LogP contribution in [0.5, 0.6) is 0 Å². The lowest BCUT2D eigenvalue weighted by Gasteiger charge is -2.04. The van der Waals surface area contributed by atoms with E-state index in [1.165, 1.54) is 23.9 Å². The van der Waals surface area contributed by atoms with Gasteiger partial charge in [-0.2, -0.15) is 0 Å². The Morgan fingerprint density at radius 3 is 2.75 bits per heavy atom. The molecule has 0 saturated heterocycles. The molecule has 20 heavy (non-hydrogen) atoms. The number of aromatic nitrogens is 2. The second-order valence-corrected chi connectivity index (χ2v) is 7.55. The third kappa shape index (κ3) is 3.68. The molecule has 9 heteroatoms. The Bertz CT molecular complexity index is 653. The molecule has 0 aromatic carbocycles. The van der Waals surface area contributed by atoms with Crippen LogP contribution in [0.4, 0.5) is 0 Å². The first-order valence-electron chi connectivity index (χ1n) is 5.45. The van der Waals surface area contributed by atoms with Gasteiger partial charge in [0, 0.05) is 19.3 Å². The number of carbonyl (C=O) groups is 2. The van der Waals surface area contributed by atoms with Gasteiger partial charge in [-0.3, -0.25) is 4.79 Å². The molecule has 0 radical (unpaired) electrons. The maximum absolute atomic E-state index is 11.9. The van der Waals surface area contributed by atoms with Crippen molar-refractivity contribution in [1.82, 2.24) is 14.9 Å². The zero-order chi connectivity index (χ0) is 14.7. The van der Waals surface area contributed by atoms with E-state index in [1.54, 1.807) is 10.6 Å². The molecule has 0 unspecified atom stereocenters. The molecule has 2 heterocycles. The van der Waals surface area contributed by atoms with E-state index >= 15 is 0 Å². The molecule has 0 bridgehead atoms. The summed E-state index contributed by atoms with van der Waals surface area (Å²) in [6.45, 7) is 0.836. The van der Waals surface area contributed by atoms with Crippen molar-refractivity contribution < 1.29 is 14.7 Å². The molecule has 0 fully saturated rings. The fourth-order valence-electron chi connectivity index (χ4n) is 1.48. The zero-order valence-electron chi connectivity index (χ0n) is 9.97. The van der Waals surface area contributed by atoms with E-state index in [4.69, 9.17) is 5.11 Å². The van der Waals surface area contributed by atoms with Crippen LogP contribution in [0.25, 0.3) is 0 Å². The van der Waals surface area contributed by atoms with Crippen molar-refractivity contribution in [3.05, 3.63) is 37.4 Å². The summed E-state index contributed by atoms with van der Waals surface area (Å²) in [5.41, 5.74) is 0.555. The normalized spacial score (nSPS) is 10.5. The Kier molecular flexibility index (Phi) is 4.95. The standard InChI is InChI=1S/C11H9Br2N3O3S/c12-8-3-6(9(13)20-8)10(17)14-1-2-16-4-7(11(18)19)15-5-16/h3-5H,1-2H2,(H,14,17)(H,18,19). The molecule has 0 aliphatic rings. The average molecular weight is 423 g/mol. The topological polar surface area (TPSA) is 84.2 Å². The van der Waals surface area contributed by atoms with Crippen LogP contribution in [0.3, 0.4) is 0 Å². The number of halogens is 2. The van der Waals surface area contributed by atoms with Gasteiger partial charge in [-0.25, -0.2) is 9.78 Å². The van der Waals surface area contributed by atoms with Gasteiger partial charge in [-0.15, -0.1) is 11.3 Å². The molecule has 0 saturated carbocycles. The number of rotatable bonds is 5. The van der Waals surface area contributed by atoms with Crippen LogP contribution in [0, 0.1) is 0 Å². The summed E-state index contributed by atoms with van der Waals surface area (Å²) in [6.07, 6.45) is 2.85. The molecule has 0 aliphatic heterocycles. The summed E-state index contributed by atoms with van der Waals surface area (Å²) >= 11 is 8.06. The Morgan fingerprint density at radius 1 is 1.45 bits per heavy atom. The SMILES string of the molecule is O=C(O)c1cn(CCNC(=O)c2cc(Br)sc2Br)cn1. The highest BCUT2D eigenvalue weighted by atomic mass is 79.9. The first-order valence-corrected chi connectivity index (χ1v) is 7.85. The van der Waals surface area contributed by atoms with E-state index < -0.39 is 5.97 Å². The van der Waals surface area contributed by atoms with Crippen LogP contribution in [-0.4, -0.2) is 33.1 Å². The monoisotopic (exact) mass is 421 g/mol. The van der Waals surface area contributed by atoms with Gasteiger partial charge < -0.3 is 15.0 Å². The van der Waals surface area contributed by atoms with Crippen molar-refractivity contribution in [3.8, 4) is 0 Å². The minimum Gasteiger partial charge on any atom is -0.476 e. The highest BCUT2D eigenvalue weighted by Gasteiger charge is 2.13. The van der Waals surface area contributed by atoms with Crippen molar-refractivity contribution in [2.45, 2.75) is 6.54 Å². The summed E-state index contributed by atoms with van der Waals surface area (Å²) in [6, 6.07) is 1.74. The molecule has 6 nitrogen and oxygen atoms in total. The number of carboxylic acid groups (broad SMARTS) is 1. The maximum atomic E-state index is 11.9. The molecule has 2 aromatic heterocycles. The van der Waals surface area contributed by atoms with Crippen molar-refractivity contribution >= 4 is 55.1 Å². The van der Waals surface area contributed by atoms with Crippen molar-refractivity contribution in [2.75, 3.05) is 6.54 Å². The highest BCUT2D eigenvalue weighted by Crippen LogP contribution is 2.31. The van der Waals surface area contributed by atoms with Crippen molar-refractivity contribution in [1.29, 1.82) is 0 Å². The summed E-state index contributed by atoms with van der Waals surface area (Å²) in [5.74, 6) is -1.25. The number of hydrogen-bond acceptors (Lipinski definition) is 4. The second kappa shape index (κ2) is 6.51. The third-order valence-corrected chi connectivity index (χ3v) is 4.75. The molecule has 106 valence electrons. The molecule has 2 N–H and O–H groups in total. The predicted octanol–water partition coefficient (Wildman–Crippen LogP) is 2.60. The zero-order valence-corrected chi connectivity index (χ0v) is 14.0. The molecule has 2 aromatic rings. The smallest absolute Gasteiger partial charge is 0.356 e. The number of thiophene rings is 1. The van der Waals surface area contributed by atoms with Crippen LogP contribution < -0.4 is 5.32 Å². The number of aromatic carboxylic acids is 1. The largest absolute Gasteiger partial charge is 0.476 e. The maximum Gasteiger partial charge on any atom is 0.356 e. The number of carboxylic acids is 1. The Labute approximate surface area is 135 Å². The summed E-state index contributed by atoms with van der Waals surface area (Å²) in [5, 5.41) is 11.5. The molecule has 0 aliphatic carbocycles. The van der Waals surface area contributed by atoms with E-state index in [1.807, 2.05) is 0 Å². The summed E-state index contributed by atoms with van der Waals surface area (Å²) in [4.78, 5) is 26.3. The van der Waals surface area contributed by atoms with Crippen LogP contribution >= 0.6 is 43.2 Å². The molecule has 0 spiro atoms. The van der Waals surface area contributed by atoms with Gasteiger partial charge in [0.25, 0.3) is 5.91 Å². The summed E-state index contributed by atoms with van der Waals surface area (Å²) in [7, 11) is 0. The van der Waals surface area contributed by atoms with Gasteiger partial charge in [-0.05, 0) is 37.9 Å². The second-order valence-electron chi connectivity index (χ2n) is 3.80. The van der Waals surface area contributed by atoms with E-state index in [-0.39, 0.29) is 11.6 Å². The molecule has 1 amide bonds. The van der Waals surface area contributed by atoms with Crippen LogP contribution in [-0.2, 0) is 6.54 Å². The molecular weight excluding hydrogens is 414 g/mol. The minimum atomic E-state index is -1.07. The number of nitrogens with one attached hydrogen (secondary N) is 1.